The highest BCUT2D eigenvalue weighted by Gasteiger charge is 2.42. The number of benzene rings is 1. The second-order valence-electron chi connectivity index (χ2n) is 4.42. The molecule has 1 saturated carbocycles. The van der Waals surface area contributed by atoms with Gasteiger partial charge in [-0.1, -0.05) is 12.1 Å². The summed E-state index contributed by atoms with van der Waals surface area (Å²) in [5.74, 6) is 0.936. The summed E-state index contributed by atoms with van der Waals surface area (Å²) in [5.41, 5.74) is 5.58. The first-order valence-corrected chi connectivity index (χ1v) is 6.30. The van der Waals surface area contributed by atoms with Gasteiger partial charge in [-0.25, -0.2) is 4.39 Å². The van der Waals surface area contributed by atoms with Crippen molar-refractivity contribution in [2.24, 2.45) is 11.1 Å². The maximum absolute atomic E-state index is 13.4. The number of amidine groups is 1. The molecule has 86 valence electrons. The molecule has 0 bridgehead atoms. The Kier molecular flexibility index (Phi) is 3.19. The minimum Gasteiger partial charge on any atom is -0.388 e. The summed E-state index contributed by atoms with van der Waals surface area (Å²) >= 11 is 1.53. The van der Waals surface area contributed by atoms with E-state index < -0.39 is 0 Å². The molecule has 0 atom stereocenters. The van der Waals surface area contributed by atoms with Crippen LogP contribution in [-0.2, 0) is 0 Å². The molecule has 0 amide bonds. The third kappa shape index (κ3) is 2.76. The number of nitrogens with one attached hydrogen (secondary N) is 1. The molecule has 0 saturated heterocycles. The Bertz CT molecular complexity index is 402. The number of nitrogens with two attached hydrogens (primary N) is 1. The largest absolute Gasteiger partial charge is 0.388 e. The van der Waals surface area contributed by atoms with E-state index in [4.69, 9.17) is 11.1 Å². The molecule has 1 aromatic carbocycles. The summed E-state index contributed by atoms with van der Waals surface area (Å²) in [4.78, 5) is 0.692. The SMILES string of the molecule is N=C(N)CC1(CSc2ccccc2F)CC1. The zero-order valence-corrected chi connectivity index (χ0v) is 9.82. The van der Waals surface area contributed by atoms with Crippen molar-refractivity contribution in [2.75, 3.05) is 5.75 Å². The molecule has 0 unspecified atom stereocenters. The Hall–Kier alpha value is -1.03. The van der Waals surface area contributed by atoms with Gasteiger partial charge >= 0.3 is 0 Å². The molecule has 2 nitrogen and oxygen atoms in total. The van der Waals surface area contributed by atoms with Crippen LogP contribution in [0, 0.1) is 16.6 Å². The normalized spacial score (nSPS) is 17.1. The maximum Gasteiger partial charge on any atom is 0.136 e. The summed E-state index contributed by atoms with van der Waals surface area (Å²) in [6.07, 6.45) is 2.86. The molecule has 1 aliphatic rings. The van der Waals surface area contributed by atoms with E-state index in [1.54, 1.807) is 12.1 Å². The van der Waals surface area contributed by atoms with Gasteiger partial charge in [0.15, 0.2) is 0 Å². The number of hydrogen-bond acceptors (Lipinski definition) is 2. The summed E-state index contributed by atoms with van der Waals surface area (Å²) in [6, 6.07) is 6.81. The van der Waals surface area contributed by atoms with Crippen molar-refractivity contribution in [3.8, 4) is 0 Å². The number of hydrogen-bond donors (Lipinski definition) is 2. The fraction of sp³-hybridized carbons (Fsp3) is 0.417. The van der Waals surface area contributed by atoms with Gasteiger partial charge in [0.2, 0.25) is 0 Å². The van der Waals surface area contributed by atoms with Crippen molar-refractivity contribution < 1.29 is 4.39 Å². The Morgan fingerprint density at radius 1 is 1.44 bits per heavy atom. The van der Waals surface area contributed by atoms with Gasteiger partial charge in [0, 0.05) is 17.1 Å². The van der Waals surface area contributed by atoms with E-state index in [1.165, 1.54) is 17.8 Å². The molecule has 4 heteroatoms. The van der Waals surface area contributed by atoms with Gasteiger partial charge in [-0.05, 0) is 30.4 Å². The average Bonchev–Trinajstić information content (AvgIpc) is 2.96. The van der Waals surface area contributed by atoms with Crippen LogP contribution in [0.25, 0.3) is 0 Å². The van der Waals surface area contributed by atoms with Crippen molar-refractivity contribution in [3.05, 3.63) is 30.1 Å². The van der Waals surface area contributed by atoms with Crippen LogP contribution in [0.5, 0.6) is 0 Å². The minimum atomic E-state index is -0.161. The minimum absolute atomic E-state index is 0.161. The fourth-order valence-corrected chi connectivity index (χ4v) is 2.98. The first kappa shape index (κ1) is 11.5. The third-order valence-corrected chi connectivity index (χ3v) is 4.29. The molecule has 0 spiro atoms. The zero-order valence-electron chi connectivity index (χ0n) is 9.00. The first-order chi connectivity index (χ1) is 7.61. The fourth-order valence-electron chi connectivity index (χ4n) is 1.75. The predicted octanol–water partition coefficient (Wildman–Crippen LogP) is 3.02. The Labute approximate surface area is 98.9 Å². The standard InChI is InChI=1S/C12H15FN2S/c13-9-3-1-2-4-10(9)16-8-12(5-6-12)7-11(14)15/h1-4H,5-8H2,(H3,14,15). The van der Waals surface area contributed by atoms with E-state index in [2.05, 4.69) is 0 Å². The molecule has 0 aromatic heterocycles. The molecular weight excluding hydrogens is 223 g/mol. The van der Waals surface area contributed by atoms with E-state index in [1.807, 2.05) is 6.07 Å². The van der Waals surface area contributed by atoms with Crippen molar-refractivity contribution in [1.29, 1.82) is 5.41 Å². The van der Waals surface area contributed by atoms with Gasteiger partial charge in [0.25, 0.3) is 0 Å². The molecule has 1 aromatic rings. The lowest BCUT2D eigenvalue weighted by atomic mass is 10.1. The van der Waals surface area contributed by atoms with Crippen molar-refractivity contribution in [1.82, 2.24) is 0 Å². The van der Waals surface area contributed by atoms with E-state index in [0.29, 0.717) is 11.3 Å². The van der Waals surface area contributed by atoms with Crippen molar-refractivity contribution >= 4 is 17.6 Å². The van der Waals surface area contributed by atoms with Crippen LogP contribution in [0.3, 0.4) is 0 Å². The zero-order chi connectivity index (χ0) is 11.6. The van der Waals surface area contributed by atoms with E-state index in [9.17, 15) is 4.39 Å². The van der Waals surface area contributed by atoms with Crippen LogP contribution in [0.1, 0.15) is 19.3 Å². The van der Waals surface area contributed by atoms with Gasteiger partial charge in [-0.15, -0.1) is 11.8 Å². The molecule has 16 heavy (non-hydrogen) atoms. The highest BCUT2D eigenvalue weighted by atomic mass is 32.2. The van der Waals surface area contributed by atoms with Gasteiger partial charge in [0.1, 0.15) is 5.82 Å². The van der Waals surface area contributed by atoms with Crippen LogP contribution in [-0.4, -0.2) is 11.6 Å². The summed E-state index contributed by atoms with van der Waals surface area (Å²) in [6.45, 7) is 0. The molecule has 1 aliphatic carbocycles. The molecule has 1 fully saturated rings. The van der Waals surface area contributed by atoms with Gasteiger partial charge in [0.05, 0.1) is 5.84 Å². The van der Waals surface area contributed by atoms with Crippen LogP contribution in [0.4, 0.5) is 4.39 Å². The predicted molar refractivity (Wildman–Crippen MR) is 65.3 cm³/mol. The Morgan fingerprint density at radius 3 is 2.69 bits per heavy atom. The second-order valence-corrected chi connectivity index (χ2v) is 5.44. The third-order valence-electron chi connectivity index (χ3n) is 2.89. The molecular formula is C12H15FN2S. The topological polar surface area (TPSA) is 49.9 Å². The number of rotatable bonds is 5. The van der Waals surface area contributed by atoms with Crippen LogP contribution >= 0.6 is 11.8 Å². The maximum atomic E-state index is 13.4. The lowest BCUT2D eigenvalue weighted by molar-refractivity contribution is 0.595. The highest BCUT2D eigenvalue weighted by molar-refractivity contribution is 7.99. The lowest BCUT2D eigenvalue weighted by Crippen LogP contribution is -2.18. The smallest absolute Gasteiger partial charge is 0.136 e. The summed E-state index contributed by atoms with van der Waals surface area (Å²) in [7, 11) is 0. The first-order valence-electron chi connectivity index (χ1n) is 5.32. The summed E-state index contributed by atoms with van der Waals surface area (Å²) in [5, 5.41) is 7.31. The van der Waals surface area contributed by atoms with E-state index in [-0.39, 0.29) is 17.1 Å². The quantitative estimate of drug-likeness (QED) is 0.470. The Morgan fingerprint density at radius 2 is 2.12 bits per heavy atom. The molecule has 3 N–H and O–H groups in total. The molecule has 0 radical (unpaired) electrons. The highest BCUT2D eigenvalue weighted by Crippen LogP contribution is 2.51. The summed E-state index contributed by atoms with van der Waals surface area (Å²) < 4.78 is 13.4. The second kappa shape index (κ2) is 4.45. The van der Waals surface area contributed by atoms with Crippen molar-refractivity contribution in [2.45, 2.75) is 24.2 Å². The van der Waals surface area contributed by atoms with Crippen molar-refractivity contribution in [3.63, 3.8) is 0 Å². The number of thioether (sulfide) groups is 1. The van der Waals surface area contributed by atoms with Crippen LogP contribution < -0.4 is 5.73 Å². The van der Waals surface area contributed by atoms with Gasteiger partial charge in [-0.3, -0.25) is 5.41 Å². The lowest BCUT2D eigenvalue weighted by Gasteiger charge is -2.13. The molecule has 0 heterocycles. The van der Waals surface area contributed by atoms with Gasteiger partial charge in [-0.2, -0.15) is 0 Å². The van der Waals surface area contributed by atoms with E-state index >= 15 is 0 Å². The van der Waals surface area contributed by atoms with Crippen LogP contribution in [0.15, 0.2) is 29.2 Å². The average molecular weight is 238 g/mol. The Balaban J connectivity index is 1.93. The number of halogens is 1. The monoisotopic (exact) mass is 238 g/mol. The van der Waals surface area contributed by atoms with E-state index in [0.717, 1.165) is 18.6 Å². The molecule has 0 aliphatic heterocycles. The van der Waals surface area contributed by atoms with Gasteiger partial charge < -0.3 is 5.73 Å². The molecule has 2 rings (SSSR count). The van der Waals surface area contributed by atoms with Crippen LogP contribution in [0.2, 0.25) is 0 Å².